The minimum Gasteiger partial charge on any atom is -0.433 e. The van der Waals surface area contributed by atoms with Crippen LogP contribution in [0.25, 0.3) is 0 Å². The molecule has 281 valence electrons. The van der Waals surface area contributed by atoms with E-state index in [1.807, 2.05) is 82.0 Å². The first-order valence-electron chi connectivity index (χ1n) is 17.7. The van der Waals surface area contributed by atoms with Gasteiger partial charge in [0.05, 0.1) is 8.34 Å². The van der Waals surface area contributed by atoms with Crippen molar-refractivity contribution in [2.45, 2.75) is 120 Å². The molecule has 0 aliphatic carbocycles. The molecule has 0 saturated carbocycles. The van der Waals surface area contributed by atoms with Gasteiger partial charge in [-0.15, -0.1) is 13.2 Å². The van der Waals surface area contributed by atoms with Gasteiger partial charge in [0.25, 0.3) is 0 Å². The van der Waals surface area contributed by atoms with Crippen LogP contribution in [0.5, 0.6) is 0 Å². The van der Waals surface area contributed by atoms with Crippen molar-refractivity contribution in [3.8, 4) is 0 Å². The number of rotatable bonds is 10. The highest BCUT2D eigenvalue weighted by atomic mass is 35.6. The number of benzene rings is 2. The van der Waals surface area contributed by atoms with Crippen LogP contribution >= 0.6 is 11.1 Å². The molecule has 0 spiro atoms. The summed E-state index contributed by atoms with van der Waals surface area (Å²) in [5.41, 5.74) is 6.43. The lowest BCUT2D eigenvalue weighted by Gasteiger charge is -2.38. The Hall–Kier alpha value is -0.407. The standard InChI is InChI=1S/C16H30O2Si3.C12H24O3Si3.C4H9ClSi.2CH4.BH2.2H2/c1-10-19(4,5)17-21(8,9)18-20(6,7)16-12-14(2)11-15(3)13-16;1-16(2,13)10-7-11(17(3,4)14)9-12(8-10)18(5,6)15;1-4-6(2,3)5;;;;;/h10-13H,1H2,2-9H3;7-9,13-15H,1-6H3;4H,1H2,2-3H3;2*1H4;1H2;2*1H/i;;;;;1TD;1+1D;1+1. The zero-order valence-corrected chi connectivity index (χ0v) is 39.4. The predicted molar refractivity (Wildman–Crippen MR) is 245 cm³/mol. The molecule has 2 rings (SSSR count). The first-order chi connectivity index (χ1) is 22.2. The summed E-state index contributed by atoms with van der Waals surface area (Å²) in [6.07, 6.45) is 0. The van der Waals surface area contributed by atoms with Crippen LogP contribution in [-0.2, 0) is 8.23 Å². The van der Waals surface area contributed by atoms with E-state index < -0.39 is 57.5 Å². The number of halogens is 1. The lowest BCUT2D eigenvalue weighted by atomic mass is 10.2. The minimum absolute atomic E-state index is 0. The van der Waals surface area contributed by atoms with Gasteiger partial charge in [0.15, 0.2) is 15.7 Å². The highest BCUT2D eigenvalue weighted by Crippen LogP contribution is 2.21. The van der Waals surface area contributed by atoms with Gasteiger partial charge >= 0.3 is 8.56 Å². The van der Waals surface area contributed by atoms with Crippen molar-refractivity contribution in [2.75, 3.05) is 0 Å². The van der Waals surface area contributed by atoms with Crippen LogP contribution in [0.1, 0.15) is 30.4 Å². The van der Waals surface area contributed by atoms with Crippen LogP contribution in [0.3, 0.4) is 0 Å². The Morgan fingerprint density at radius 3 is 1.21 bits per heavy atom. The Balaban J connectivity index is -0.000000157. The highest BCUT2D eigenvalue weighted by molar-refractivity contribution is 7.21. The van der Waals surface area contributed by atoms with Crippen LogP contribution in [0.15, 0.2) is 61.0 Å². The molecule has 2 aromatic rings. The maximum Gasteiger partial charge on any atom is 0.311 e. The molecule has 14 heteroatoms. The maximum absolute atomic E-state index is 10.3. The fraction of sp³-hybridized carbons (Fsp3) is 0.529. The van der Waals surface area contributed by atoms with Crippen LogP contribution in [-0.4, -0.2) is 82.9 Å². The molecule has 0 unspecified atom stereocenters. The fourth-order valence-electron chi connectivity index (χ4n) is 4.38. The average molecular weight is 815 g/mol. The second-order valence-electron chi connectivity index (χ2n) is 15.5. The first-order valence-corrected chi connectivity index (χ1v) is 37.2. The number of hydrogen-bond acceptors (Lipinski definition) is 5. The summed E-state index contributed by atoms with van der Waals surface area (Å²) in [5, 5.41) is 4.01. The zero-order valence-electron chi connectivity index (χ0n) is 35.6. The summed E-state index contributed by atoms with van der Waals surface area (Å²) in [6.45, 7) is 40.1. The van der Waals surface area contributed by atoms with E-state index in [4.69, 9.17) is 25.0 Å². The summed E-state index contributed by atoms with van der Waals surface area (Å²) in [5.74, 6) is 0. The van der Waals surface area contributed by atoms with Crippen molar-refractivity contribution in [3.63, 3.8) is 0 Å². The number of aryl methyl sites for hydroxylation is 2. The van der Waals surface area contributed by atoms with Crippen LogP contribution in [0.4, 0.5) is 0 Å². The summed E-state index contributed by atoms with van der Waals surface area (Å²) >= 11 is 5.74. The molecule has 5 nitrogen and oxygen atoms in total. The quantitative estimate of drug-likeness (QED) is 0.174. The normalized spacial score (nSPS) is 12.9. The Kier molecular flexibility index (Phi) is 19.8. The second kappa shape index (κ2) is 20.0. The van der Waals surface area contributed by atoms with Gasteiger partial charge in [-0.2, -0.15) is 11.1 Å². The van der Waals surface area contributed by atoms with Gasteiger partial charge in [0, 0.05) is 4.40 Å². The van der Waals surface area contributed by atoms with Gasteiger partial charge in [-0.05, 0) is 116 Å². The SMILES string of the molecule is C.C.C=C[Si](C)(C)Cl.C=C[Si](C)(C)O[Si](C)(C)O[Si](C)(C)c1cc(C)cc(C)c1.C[Si](C)(O)c1cc([Si](C)(C)O)cc([Si](C)(C)O)c1.[2HH].[2H][2H].[2H][B][3H]. The van der Waals surface area contributed by atoms with Crippen molar-refractivity contribution in [1.82, 2.24) is 0 Å². The molecule has 0 fully saturated rings. The summed E-state index contributed by atoms with van der Waals surface area (Å²) in [4.78, 5) is 30.8. The molecule has 0 aliphatic rings. The molecule has 0 amide bonds. The highest BCUT2D eigenvalue weighted by Gasteiger charge is 2.39. The molecular formula is C34H77BClO5Si7. The molecule has 0 atom stereocenters. The molecule has 0 bridgehead atoms. The molecule has 0 saturated heterocycles. The summed E-state index contributed by atoms with van der Waals surface area (Å²) in [7, 11) is -14.1. The molecule has 48 heavy (non-hydrogen) atoms. The lowest BCUT2D eigenvalue weighted by molar-refractivity contribution is 0.400. The van der Waals surface area contributed by atoms with Crippen molar-refractivity contribution in [2.24, 2.45) is 0 Å². The van der Waals surface area contributed by atoms with E-state index in [0.29, 0.717) is 8.34 Å². The molecule has 1 radical (unpaired) electrons. The van der Waals surface area contributed by atoms with Gasteiger partial charge < -0.3 is 22.6 Å². The maximum atomic E-state index is 10.3. The predicted octanol–water partition coefficient (Wildman–Crippen LogP) is 7.28. The minimum atomic E-state index is -2.43. The monoisotopic (exact) mass is 813 g/mol. The number of hydrogen-bond donors (Lipinski definition) is 3. The van der Waals surface area contributed by atoms with Crippen molar-refractivity contribution in [3.05, 3.63) is 72.1 Å². The van der Waals surface area contributed by atoms with Gasteiger partial charge in [0.1, 0.15) is 0 Å². The lowest BCUT2D eigenvalue weighted by Crippen LogP contribution is -2.56. The van der Waals surface area contributed by atoms with Gasteiger partial charge in [-0.1, -0.05) is 86.9 Å². The Morgan fingerprint density at radius 2 is 0.979 bits per heavy atom. The van der Waals surface area contributed by atoms with Gasteiger partial charge in [-0.3, -0.25) is 0 Å². The molecular weight excluding hydrogens is 731 g/mol. The fourth-order valence-corrected chi connectivity index (χ4v) is 20.3. The Bertz CT molecular complexity index is 1240. The third-order valence-corrected chi connectivity index (χ3v) is 24.2. The van der Waals surface area contributed by atoms with Crippen LogP contribution in [0, 0.1) is 13.8 Å². The Labute approximate surface area is 318 Å². The smallest absolute Gasteiger partial charge is 0.311 e. The van der Waals surface area contributed by atoms with Crippen molar-refractivity contribution in [1.29, 1.82) is 2.67 Å². The third-order valence-electron chi connectivity index (χ3n) is 6.96. The largest absolute Gasteiger partial charge is 0.433 e. The van der Waals surface area contributed by atoms with Gasteiger partial charge in [-0.25, -0.2) is 0 Å². The van der Waals surface area contributed by atoms with Crippen LogP contribution in [0.2, 0.25) is 91.7 Å². The first kappa shape index (κ1) is 47.6. The van der Waals surface area contributed by atoms with E-state index in [9.17, 15) is 14.4 Å². The van der Waals surface area contributed by atoms with E-state index in [1.54, 1.807) is 0 Å². The Morgan fingerprint density at radius 1 is 0.688 bits per heavy atom. The van der Waals surface area contributed by atoms with E-state index in [2.05, 4.69) is 84.5 Å². The summed E-state index contributed by atoms with van der Waals surface area (Å²) in [6, 6.07) is 12.5. The topological polar surface area (TPSA) is 79.2 Å². The molecule has 3 N–H and O–H groups in total. The van der Waals surface area contributed by atoms with Crippen molar-refractivity contribution >= 4 is 97.7 Å². The van der Waals surface area contributed by atoms with E-state index in [0.717, 1.165) is 15.6 Å². The zero-order chi connectivity index (χ0) is 40.7. The molecule has 2 aromatic carbocycles. The van der Waals surface area contributed by atoms with E-state index in [-0.39, 0.29) is 16.3 Å². The summed E-state index contributed by atoms with van der Waals surface area (Å²) < 4.78 is 34.5. The molecule has 0 aromatic heterocycles. The van der Waals surface area contributed by atoms with E-state index in [1.165, 1.54) is 16.3 Å². The third kappa shape index (κ3) is 21.1. The molecule has 0 heterocycles. The van der Waals surface area contributed by atoms with Gasteiger partial charge in [0.2, 0.25) is 33.3 Å². The van der Waals surface area contributed by atoms with Crippen molar-refractivity contribution < 1.29 is 27.0 Å². The average Bonchev–Trinajstić information content (AvgIpc) is 2.91. The van der Waals surface area contributed by atoms with E-state index >= 15 is 0 Å². The van der Waals surface area contributed by atoms with Crippen LogP contribution < -0.4 is 20.7 Å². The molecule has 0 aliphatic heterocycles. The second-order valence-corrected chi connectivity index (χ2v) is 44.7.